The SMILES string of the molecule is CCOc1ccccc1C(O)CNCC(C)C. The van der Waals surface area contributed by atoms with Crippen molar-refractivity contribution < 1.29 is 9.84 Å². The number of aliphatic hydroxyl groups is 1. The Balaban J connectivity index is 2.58. The number of ether oxygens (including phenoxy) is 1. The molecule has 1 aromatic carbocycles. The van der Waals surface area contributed by atoms with E-state index in [0.717, 1.165) is 17.9 Å². The third kappa shape index (κ3) is 4.75. The molecule has 3 nitrogen and oxygen atoms in total. The molecule has 96 valence electrons. The maximum atomic E-state index is 10.1. The summed E-state index contributed by atoms with van der Waals surface area (Å²) in [5, 5.41) is 13.3. The van der Waals surface area contributed by atoms with Crippen molar-refractivity contribution >= 4 is 0 Å². The zero-order valence-corrected chi connectivity index (χ0v) is 10.9. The Kier molecular flexibility index (Phi) is 6.01. The van der Waals surface area contributed by atoms with Crippen LogP contribution in [0.15, 0.2) is 24.3 Å². The summed E-state index contributed by atoms with van der Waals surface area (Å²) in [6, 6.07) is 7.64. The van der Waals surface area contributed by atoms with E-state index in [-0.39, 0.29) is 0 Å². The molecule has 0 aromatic heterocycles. The van der Waals surface area contributed by atoms with Crippen LogP contribution in [-0.2, 0) is 0 Å². The molecule has 0 spiro atoms. The lowest BCUT2D eigenvalue weighted by Crippen LogP contribution is -2.25. The van der Waals surface area contributed by atoms with Gasteiger partial charge in [-0.3, -0.25) is 0 Å². The normalized spacial score (nSPS) is 12.8. The molecule has 1 unspecified atom stereocenters. The number of nitrogens with one attached hydrogen (secondary N) is 1. The van der Waals surface area contributed by atoms with Gasteiger partial charge < -0.3 is 15.2 Å². The molecule has 3 heteroatoms. The number of aliphatic hydroxyl groups excluding tert-OH is 1. The Hall–Kier alpha value is -1.06. The van der Waals surface area contributed by atoms with Gasteiger partial charge in [0.15, 0.2) is 0 Å². The van der Waals surface area contributed by atoms with Gasteiger partial charge in [0.2, 0.25) is 0 Å². The molecule has 0 bridgehead atoms. The van der Waals surface area contributed by atoms with Crippen molar-refractivity contribution in [1.29, 1.82) is 0 Å². The van der Waals surface area contributed by atoms with Gasteiger partial charge in [-0.05, 0) is 25.5 Å². The molecule has 0 aliphatic rings. The summed E-state index contributed by atoms with van der Waals surface area (Å²) in [5.41, 5.74) is 0.852. The van der Waals surface area contributed by atoms with Crippen LogP contribution >= 0.6 is 0 Å². The molecule has 0 saturated heterocycles. The highest BCUT2D eigenvalue weighted by molar-refractivity contribution is 5.35. The number of hydrogen-bond donors (Lipinski definition) is 2. The van der Waals surface area contributed by atoms with E-state index in [2.05, 4.69) is 19.2 Å². The highest BCUT2D eigenvalue weighted by Crippen LogP contribution is 2.24. The number of hydrogen-bond acceptors (Lipinski definition) is 3. The smallest absolute Gasteiger partial charge is 0.125 e. The molecule has 0 aliphatic heterocycles. The fraction of sp³-hybridized carbons (Fsp3) is 0.571. The van der Waals surface area contributed by atoms with Crippen molar-refractivity contribution in [2.45, 2.75) is 26.9 Å². The molecule has 0 radical (unpaired) electrons. The van der Waals surface area contributed by atoms with Crippen molar-refractivity contribution in [3.05, 3.63) is 29.8 Å². The zero-order valence-electron chi connectivity index (χ0n) is 10.9. The van der Waals surface area contributed by atoms with Gasteiger partial charge in [0, 0.05) is 12.1 Å². The molecule has 0 fully saturated rings. The second kappa shape index (κ2) is 7.30. The molecule has 17 heavy (non-hydrogen) atoms. The van der Waals surface area contributed by atoms with E-state index in [1.54, 1.807) is 0 Å². The lowest BCUT2D eigenvalue weighted by Gasteiger charge is -2.16. The Bertz CT molecular complexity index is 326. The monoisotopic (exact) mass is 237 g/mol. The molecular formula is C14H23NO2. The minimum Gasteiger partial charge on any atom is -0.493 e. The number of rotatable bonds is 7. The molecule has 1 aromatic rings. The highest BCUT2D eigenvalue weighted by atomic mass is 16.5. The summed E-state index contributed by atoms with van der Waals surface area (Å²) in [6.07, 6.45) is -0.517. The van der Waals surface area contributed by atoms with Crippen LogP contribution in [0.4, 0.5) is 0 Å². The van der Waals surface area contributed by atoms with Crippen LogP contribution in [-0.4, -0.2) is 24.8 Å². The predicted molar refractivity (Wildman–Crippen MR) is 70.3 cm³/mol. The Morgan fingerprint density at radius 2 is 1.94 bits per heavy atom. The van der Waals surface area contributed by atoms with E-state index >= 15 is 0 Å². The molecule has 1 rings (SSSR count). The number of benzene rings is 1. The fourth-order valence-corrected chi connectivity index (χ4v) is 1.66. The highest BCUT2D eigenvalue weighted by Gasteiger charge is 2.12. The summed E-state index contributed by atoms with van der Waals surface area (Å²) < 4.78 is 5.50. The average Bonchev–Trinajstić information content (AvgIpc) is 2.29. The van der Waals surface area contributed by atoms with Gasteiger partial charge in [0.05, 0.1) is 12.7 Å². The van der Waals surface area contributed by atoms with E-state index in [4.69, 9.17) is 4.74 Å². The van der Waals surface area contributed by atoms with Crippen LogP contribution < -0.4 is 10.1 Å². The molecule has 0 heterocycles. The summed E-state index contributed by atoms with van der Waals surface area (Å²) in [4.78, 5) is 0. The van der Waals surface area contributed by atoms with Crippen LogP contribution in [0.1, 0.15) is 32.4 Å². The van der Waals surface area contributed by atoms with Crippen LogP contribution in [0.2, 0.25) is 0 Å². The third-order valence-electron chi connectivity index (χ3n) is 2.47. The third-order valence-corrected chi connectivity index (χ3v) is 2.47. The van der Waals surface area contributed by atoms with Gasteiger partial charge in [-0.1, -0.05) is 32.0 Å². The topological polar surface area (TPSA) is 41.5 Å². The van der Waals surface area contributed by atoms with E-state index in [1.807, 2.05) is 31.2 Å². The molecule has 1 atom stereocenters. The maximum Gasteiger partial charge on any atom is 0.125 e. The summed E-state index contributed by atoms with van der Waals surface area (Å²) in [6.45, 7) is 8.32. The van der Waals surface area contributed by atoms with Gasteiger partial charge in [-0.25, -0.2) is 0 Å². The van der Waals surface area contributed by atoms with Crippen LogP contribution in [0.25, 0.3) is 0 Å². The van der Waals surface area contributed by atoms with Crippen molar-refractivity contribution in [3.8, 4) is 5.75 Å². The van der Waals surface area contributed by atoms with Crippen LogP contribution in [0.3, 0.4) is 0 Å². The maximum absolute atomic E-state index is 10.1. The summed E-state index contributed by atoms with van der Waals surface area (Å²) in [7, 11) is 0. The minimum atomic E-state index is -0.517. The lowest BCUT2D eigenvalue weighted by molar-refractivity contribution is 0.168. The Labute approximate surface area is 104 Å². The largest absolute Gasteiger partial charge is 0.493 e. The predicted octanol–water partition coefficient (Wildman–Crippen LogP) is 2.36. The van der Waals surface area contributed by atoms with Gasteiger partial charge in [0.1, 0.15) is 5.75 Å². The molecule has 2 N–H and O–H groups in total. The van der Waals surface area contributed by atoms with Gasteiger partial charge in [0.25, 0.3) is 0 Å². The van der Waals surface area contributed by atoms with Crippen molar-refractivity contribution in [2.75, 3.05) is 19.7 Å². The number of para-hydroxylation sites is 1. The molecule has 0 saturated carbocycles. The van der Waals surface area contributed by atoms with Gasteiger partial charge in [-0.2, -0.15) is 0 Å². The van der Waals surface area contributed by atoms with E-state index in [9.17, 15) is 5.11 Å². The minimum absolute atomic E-state index is 0.517. The van der Waals surface area contributed by atoms with Gasteiger partial charge in [-0.15, -0.1) is 0 Å². The quantitative estimate of drug-likeness (QED) is 0.765. The van der Waals surface area contributed by atoms with Crippen LogP contribution in [0.5, 0.6) is 5.75 Å². The first-order chi connectivity index (χ1) is 8.15. The van der Waals surface area contributed by atoms with Gasteiger partial charge >= 0.3 is 0 Å². The molecule has 0 aliphatic carbocycles. The van der Waals surface area contributed by atoms with E-state index in [1.165, 1.54) is 0 Å². The summed E-state index contributed by atoms with van der Waals surface area (Å²) >= 11 is 0. The first-order valence-electron chi connectivity index (χ1n) is 6.25. The second-order valence-corrected chi connectivity index (χ2v) is 4.54. The first kappa shape index (κ1) is 14.0. The zero-order chi connectivity index (χ0) is 12.7. The summed E-state index contributed by atoms with van der Waals surface area (Å²) in [5.74, 6) is 1.36. The van der Waals surface area contributed by atoms with Crippen LogP contribution in [0, 0.1) is 5.92 Å². The molecule has 0 amide bonds. The first-order valence-corrected chi connectivity index (χ1v) is 6.25. The standard InChI is InChI=1S/C14H23NO2/c1-4-17-14-8-6-5-7-12(14)13(16)10-15-9-11(2)3/h5-8,11,13,15-16H,4,9-10H2,1-3H3. The second-order valence-electron chi connectivity index (χ2n) is 4.54. The molecular weight excluding hydrogens is 214 g/mol. The van der Waals surface area contributed by atoms with E-state index < -0.39 is 6.10 Å². The fourth-order valence-electron chi connectivity index (χ4n) is 1.66. The Morgan fingerprint density at radius 3 is 2.59 bits per heavy atom. The van der Waals surface area contributed by atoms with E-state index in [0.29, 0.717) is 19.1 Å². The average molecular weight is 237 g/mol. The Morgan fingerprint density at radius 1 is 1.24 bits per heavy atom. The lowest BCUT2D eigenvalue weighted by atomic mass is 10.1. The van der Waals surface area contributed by atoms with Crippen molar-refractivity contribution in [1.82, 2.24) is 5.32 Å². The van der Waals surface area contributed by atoms with Crippen molar-refractivity contribution in [2.24, 2.45) is 5.92 Å². The van der Waals surface area contributed by atoms with Crippen molar-refractivity contribution in [3.63, 3.8) is 0 Å².